The van der Waals surface area contributed by atoms with Gasteiger partial charge in [-0.2, -0.15) is 0 Å². The van der Waals surface area contributed by atoms with Crippen molar-refractivity contribution in [2.24, 2.45) is 0 Å². The van der Waals surface area contributed by atoms with E-state index in [-0.39, 0.29) is 17.0 Å². The highest BCUT2D eigenvalue weighted by molar-refractivity contribution is 9.10. The molecule has 1 aliphatic carbocycles. The van der Waals surface area contributed by atoms with Crippen molar-refractivity contribution in [3.8, 4) is 5.75 Å². The molecular formula is C14H19BrFNO. The van der Waals surface area contributed by atoms with Gasteiger partial charge < -0.3 is 10.1 Å². The number of nitrogens with one attached hydrogen (secondary N) is 1. The first-order valence-electron chi connectivity index (χ1n) is 6.19. The molecule has 0 saturated heterocycles. The molecule has 1 fully saturated rings. The number of hydrogen-bond acceptors (Lipinski definition) is 2. The number of benzene rings is 1. The van der Waals surface area contributed by atoms with Crippen molar-refractivity contribution in [1.29, 1.82) is 0 Å². The average molecular weight is 316 g/mol. The topological polar surface area (TPSA) is 21.3 Å². The molecule has 0 unspecified atom stereocenters. The number of rotatable bonds is 4. The zero-order chi connectivity index (χ0) is 13.4. The van der Waals surface area contributed by atoms with Crippen LogP contribution in [0, 0.1) is 5.82 Å². The molecule has 2 rings (SSSR count). The number of halogens is 2. The van der Waals surface area contributed by atoms with Gasteiger partial charge in [-0.05, 0) is 67.7 Å². The van der Waals surface area contributed by atoms with E-state index in [1.165, 1.54) is 6.07 Å². The summed E-state index contributed by atoms with van der Waals surface area (Å²) in [4.78, 5) is 0. The standard InChI is InChI=1S/C14H19BrFNO/c1-13(2,3)17-9-14(6-7-14)18-10-4-5-12(16)11(15)8-10/h4-5,8,17H,6-7,9H2,1-3H3. The highest BCUT2D eigenvalue weighted by Gasteiger charge is 2.45. The highest BCUT2D eigenvalue weighted by Crippen LogP contribution is 2.40. The van der Waals surface area contributed by atoms with Crippen LogP contribution in [0.15, 0.2) is 22.7 Å². The molecule has 0 spiro atoms. The maximum absolute atomic E-state index is 13.1. The van der Waals surface area contributed by atoms with Crippen LogP contribution in [0.2, 0.25) is 0 Å². The molecule has 1 aromatic carbocycles. The second kappa shape index (κ2) is 4.82. The maximum atomic E-state index is 13.1. The molecule has 2 nitrogen and oxygen atoms in total. The zero-order valence-corrected chi connectivity index (χ0v) is 12.6. The average Bonchev–Trinajstić information content (AvgIpc) is 3.01. The third kappa shape index (κ3) is 3.69. The second-order valence-corrected chi connectivity index (χ2v) is 6.82. The summed E-state index contributed by atoms with van der Waals surface area (Å²) in [6.45, 7) is 7.23. The lowest BCUT2D eigenvalue weighted by Crippen LogP contribution is -2.43. The number of hydrogen-bond donors (Lipinski definition) is 1. The lowest BCUT2D eigenvalue weighted by molar-refractivity contribution is 0.163. The van der Waals surface area contributed by atoms with E-state index in [1.807, 2.05) is 0 Å². The minimum atomic E-state index is -0.264. The summed E-state index contributed by atoms with van der Waals surface area (Å²) >= 11 is 3.17. The van der Waals surface area contributed by atoms with Crippen LogP contribution in [0.1, 0.15) is 33.6 Å². The van der Waals surface area contributed by atoms with Gasteiger partial charge in [-0.25, -0.2) is 4.39 Å². The van der Waals surface area contributed by atoms with Crippen molar-refractivity contribution < 1.29 is 9.13 Å². The van der Waals surface area contributed by atoms with Crippen molar-refractivity contribution in [2.45, 2.75) is 44.8 Å². The summed E-state index contributed by atoms with van der Waals surface area (Å²) < 4.78 is 19.6. The predicted molar refractivity (Wildman–Crippen MR) is 74.4 cm³/mol. The van der Waals surface area contributed by atoms with E-state index in [0.29, 0.717) is 4.47 Å². The molecule has 1 saturated carbocycles. The zero-order valence-electron chi connectivity index (χ0n) is 11.0. The smallest absolute Gasteiger partial charge is 0.137 e. The van der Waals surface area contributed by atoms with E-state index in [2.05, 4.69) is 42.0 Å². The molecule has 100 valence electrons. The second-order valence-electron chi connectivity index (χ2n) is 5.96. The predicted octanol–water partition coefficient (Wildman–Crippen LogP) is 3.89. The summed E-state index contributed by atoms with van der Waals surface area (Å²) in [5.41, 5.74) is -0.0210. The molecule has 0 heterocycles. The van der Waals surface area contributed by atoms with E-state index in [4.69, 9.17) is 4.74 Å². The molecule has 1 aromatic rings. The Balaban J connectivity index is 1.98. The quantitative estimate of drug-likeness (QED) is 0.910. The van der Waals surface area contributed by atoms with Gasteiger partial charge in [-0.15, -0.1) is 0 Å². The van der Waals surface area contributed by atoms with Gasteiger partial charge in [0.25, 0.3) is 0 Å². The van der Waals surface area contributed by atoms with E-state index >= 15 is 0 Å². The summed E-state index contributed by atoms with van der Waals surface area (Å²) in [7, 11) is 0. The van der Waals surface area contributed by atoms with Gasteiger partial charge in [0.1, 0.15) is 17.2 Å². The van der Waals surface area contributed by atoms with Crippen LogP contribution in [0.5, 0.6) is 5.75 Å². The van der Waals surface area contributed by atoms with Gasteiger partial charge in [0.15, 0.2) is 0 Å². The van der Waals surface area contributed by atoms with Crippen molar-refractivity contribution in [3.63, 3.8) is 0 Å². The SMILES string of the molecule is CC(C)(C)NCC1(Oc2ccc(F)c(Br)c2)CC1. The van der Waals surface area contributed by atoms with E-state index in [9.17, 15) is 4.39 Å². The molecule has 0 atom stereocenters. The first-order chi connectivity index (χ1) is 8.30. The van der Waals surface area contributed by atoms with Crippen molar-refractivity contribution in [2.75, 3.05) is 6.54 Å². The Kier molecular flexibility index (Phi) is 3.70. The van der Waals surface area contributed by atoms with Gasteiger partial charge in [-0.3, -0.25) is 0 Å². The van der Waals surface area contributed by atoms with Crippen LogP contribution < -0.4 is 10.1 Å². The van der Waals surface area contributed by atoms with Gasteiger partial charge in [-0.1, -0.05) is 0 Å². The molecule has 1 N–H and O–H groups in total. The van der Waals surface area contributed by atoms with E-state index < -0.39 is 0 Å². The third-order valence-corrected chi connectivity index (χ3v) is 3.58. The molecule has 18 heavy (non-hydrogen) atoms. The Morgan fingerprint density at radius 1 is 1.39 bits per heavy atom. The Hall–Kier alpha value is -0.610. The van der Waals surface area contributed by atoms with Crippen LogP contribution in [-0.4, -0.2) is 17.7 Å². The lowest BCUT2D eigenvalue weighted by atomic mass is 10.1. The normalized spacial score (nSPS) is 17.6. The molecule has 1 aliphatic rings. The van der Waals surface area contributed by atoms with E-state index in [1.54, 1.807) is 12.1 Å². The monoisotopic (exact) mass is 315 g/mol. The Morgan fingerprint density at radius 2 is 2.06 bits per heavy atom. The van der Waals surface area contributed by atoms with Crippen LogP contribution in [0.4, 0.5) is 4.39 Å². The van der Waals surface area contributed by atoms with Gasteiger partial charge in [0, 0.05) is 12.1 Å². The molecule has 0 aliphatic heterocycles. The van der Waals surface area contributed by atoms with Crippen LogP contribution >= 0.6 is 15.9 Å². The van der Waals surface area contributed by atoms with Gasteiger partial charge >= 0.3 is 0 Å². The molecule has 0 radical (unpaired) electrons. The van der Waals surface area contributed by atoms with Crippen LogP contribution in [0.25, 0.3) is 0 Å². The third-order valence-electron chi connectivity index (χ3n) is 2.97. The van der Waals surface area contributed by atoms with Crippen molar-refractivity contribution >= 4 is 15.9 Å². The fourth-order valence-corrected chi connectivity index (χ4v) is 2.03. The first-order valence-corrected chi connectivity index (χ1v) is 6.98. The minimum absolute atomic E-state index is 0.0856. The molecule has 4 heteroatoms. The molecule has 0 amide bonds. The first kappa shape index (κ1) is 13.8. The Labute approximate surface area is 116 Å². The van der Waals surface area contributed by atoms with Crippen LogP contribution in [0.3, 0.4) is 0 Å². The Morgan fingerprint density at radius 3 is 2.56 bits per heavy atom. The summed E-state index contributed by atoms with van der Waals surface area (Å²) in [6.07, 6.45) is 2.09. The van der Waals surface area contributed by atoms with Gasteiger partial charge in [0.2, 0.25) is 0 Å². The molecular weight excluding hydrogens is 297 g/mol. The number of ether oxygens (including phenoxy) is 1. The largest absolute Gasteiger partial charge is 0.486 e. The minimum Gasteiger partial charge on any atom is -0.486 e. The summed E-state index contributed by atoms with van der Waals surface area (Å²) in [5, 5.41) is 3.46. The summed E-state index contributed by atoms with van der Waals surface area (Å²) in [6, 6.07) is 4.79. The molecule has 0 aromatic heterocycles. The molecule has 0 bridgehead atoms. The maximum Gasteiger partial charge on any atom is 0.137 e. The summed E-state index contributed by atoms with van der Waals surface area (Å²) in [5.74, 6) is 0.455. The highest BCUT2D eigenvalue weighted by atomic mass is 79.9. The van der Waals surface area contributed by atoms with Gasteiger partial charge in [0.05, 0.1) is 4.47 Å². The van der Waals surface area contributed by atoms with Crippen molar-refractivity contribution in [1.82, 2.24) is 5.32 Å². The van der Waals surface area contributed by atoms with Crippen molar-refractivity contribution in [3.05, 3.63) is 28.5 Å². The Bertz CT molecular complexity index is 438. The fourth-order valence-electron chi connectivity index (χ4n) is 1.67. The van der Waals surface area contributed by atoms with Crippen LogP contribution in [-0.2, 0) is 0 Å². The lowest BCUT2D eigenvalue weighted by Gasteiger charge is -2.26. The van der Waals surface area contributed by atoms with E-state index in [0.717, 1.165) is 25.1 Å². The fraction of sp³-hybridized carbons (Fsp3) is 0.571.